The maximum Gasteiger partial charge on any atom is 0.101 e. The summed E-state index contributed by atoms with van der Waals surface area (Å²) >= 11 is 0. The van der Waals surface area contributed by atoms with E-state index in [0.717, 1.165) is 17.6 Å². The Balaban J connectivity index is 2.80. The first-order chi connectivity index (χ1) is 5.54. The third-order valence-electron chi connectivity index (χ3n) is 2.53. The highest BCUT2D eigenvalue weighted by atomic mass is 16.3. The van der Waals surface area contributed by atoms with Gasteiger partial charge in [0.25, 0.3) is 0 Å². The minimum Gasteiger partial charge on any atom is -0.389 e. The molecule has 0 heterocycles. The quantitative estimate of drug-likeness (QED) is 0.578. The molecule has 1 rings (SSSR count). The van der Waals surface area contributed by atoms with Gasteiger partial charge in [-0.15, -0.1) is 0 Å². The van der Waals surface area contributed by atoms with Gasteiger partial charge < -0.3 is 10.2 Å². The van der Waals surface area contributed by atoms with Crippen LogP contribution in [0.25, 0.3) is 0 Å². The van der Waals surface area contributed by atoms with Gasteiger partial charge in [0, 0.05) is 5.92 Å². The van der Waals surface area contributed by atoms with E-state index in [-0.39, 0.29) is 5.92 Å². The lowest BCUT2D eigenvalue weighted by atomic mass is 9.82. The van der Waals surface area contributed by atoms with Crippen molar-refractivity contribution in [2.75, 3.05) is 0 Å². The Hall–Kier alpha value is -0.600. The Kier molecular flexibility index (Phi) is 2.70. The predicted molar refractivity (Wildman–Crippen MR) is 48.7 cm³/mol. The second-order valence-corrected chi connectivity index (χ2v) is 3.57. The van der Waals surface area contributed by atoms with Gasteiger partial charge in [-0.05, 0) is 25.8 Å². The third-order valence-corrected chi connectivity index (χ3v) is 2.53. The van der Waals surface area contributed by atoms with Crippen LogP contribution in [0.3, 0.4) is 0 Å². The molecule has 0 aliphatic heterocycles. The van der Waals surface area contributed by atoms with Gasteiger partial charge in [0.1, 0.15) is 6.10 Å². The van der Waals surface area contributed by atoms with Gasteiger partial charge >= 0.3 is 0 Å². The summed E-state index contributed by atoms with van der Waals surface area (Å²) in [6.07, 6.45) is 1.38. The van der Waals surface area contributed by atoms with E-state index in [4.69, 9.17) is 0 Å². The summed E-state index contributed by atoms with van der Waals surface area (Å²) < 4.78 is 0. The molecule has 0 saturated carbocycles. The van der Waals surface area contributed by atoms with E-state index >= 15 is 0 Å². The molecule has 3 atom stereocenters. The van der Waals surface area contributed by atoms with Gasteiger partial charge in [0.2, 0.25) is 0 Å². The Morgan fingerprint density at radius 2 is 2.17 bits per heavy atom. The van der Waals surface area contributed by atoms with Crippen LogP contribution in [-0.2, 0) is 0 Å². The minimum absolute atomic E-state index is 0.0173. The molecule has 12 heavy (non-hydrogen) atoms. The maximum absolute atomic E-state index is 9.63. The molecule has 2 heteroatoms. The van der Waals surface area contributed by atoms with Crippen LogP contribution in [0.2, 0.25) is 0 Å². The molecule has 1 aliphatic carbocycles. The molecule has 0 unspecified atom stereocenters. The summed E-state index contributed by atoms with van der Waals surface area (Å²) in [7, 11) is 0. The van der Waals surface area contributed by atoms with Crippen LogP contribution in [0, 0.1) is 5.92 Å². The SMILES string of the molecule is C=C(C)[C@@H]1CC=C(C)[C@H](O)[C@H]1O. The molecule has 2 nitrogen and oxygen atoms in total. The number of hydrogen-bond donors (Lipinski definition) is 2. The van der Waals surface area contributed by atoms with Crippen LogP contribution >= 0.6 is 0 Å². The zero-order valence-corrected chi connectivity index (χ0v) is 7.62. The molecular weight excluding hydrogens is 152 g/mol. The zero-order chi connectivity index (χ0) is 9.30. The highest BCUT2D eigenvalue weighted by molar-refractivity contribution is 5.18. The predicted octanol–water partition coefficient (Wildman–Crippen LogP) is 1.25. The van der Waals surface area contributed by atoms with Gasteiger partial charge in [0.15, 0.2) is 0 Å². The number of rotatable bonds is 1. The summed E-state index contributed by atoms with van der Waals surface area (Å²) in [6.45, 7) is 7.51. The van der Waals surface area contributed by atoms with Crippen LogP contribution in [-0.4, -0.2) is 22.4 Å². The highest BCUT2D eigenvalue weighted by Crippen LogP contribution is 2.28. The molecule has 68 valence electrons. The Morgan fingerprint density at radius 1 is 1.58 bits per heavy atom. The minimum atomic E-state index is -0.708. The van der Waals surface area contributed by atoms with Crippen molar-refractivity contribution in [3.05, 3.63) is 23.8 Å². The normalized spacial score (nSPS) is 36.0. The number of aliphatic hydroxyl groups excluding tert-OH is 2. The van der Waals surface area contributed by atoms with Crippen molar-refractivity contribution < 1.29 is 10.2 Å². The second-order valence-electron chi connectivity index (χ2n) is 3.57. The zero-order valence-electron chi connectivity index (χ0n) is 7.62. The van der Waals surface area contributed by atoms with E-state index in [9.17, 15) is 10.2 Å². The first-order valence-corrected chi connectivity index (χ1v) is 4.22. The van der Waals surface area contributed by atoms with Crippen LogP contribution in [0.15, 0.2) is 23.8 Å². The molecule has 0 spiro atoms. The van der Waals surface area contributed by atoms with Gasteiger partial charge in [-0.3, -0.25) is 0 Å². The lowest BCUT2D eigenvalue weighted by Gasteiger charge is -2.31. The molecule has 0 bridgehead atoms. The topological polar surface area (TPSA) is 40.5 Å². The largest absolute Gasteiger partial charge is 0.389 e. The van der Waals surface area contributed by atoms with Crippen LogP contribution < -0.4 is 0 Å². The van der Waals surface area contributed by atoms with Crippen molar-refractivity contribution >= 4 is 0 Å². The summed E-state index contributed by atoms with van der Waals surface area (Å²) in [5.41, 5.74) is 1.80. The molecule has 0 radical (unpaired) electrons. The van der Waals surface area contributed by atoms with E-state index in [1.165, 1.54) is 0 Å². The monoisotopic (exact) mass is 168 g/mol. The number of hydrogen-bond acceptors (Lipinski definition) is 2. The summed E-state index contributed by atoms with van der Waals surface area (Å²) in [5, 5.41) is 19.1. The van der Waals surface area contributed by atoms with Gasteiger partial charge in [-0.1, -0.05) is 18.2 Å². The molecule has 0 aromatic carbocycles. The van der Waals surface area contributed by atoms with E-state index in [1.54, 1.807) is 0 Å². The van der Waals surface area contributed by atoms with Crippen LogP contribution in [0.5, 0.6) is 0 Å². The first kappa shape index (κ1) is 9.49. The van der Waals surface area contributed by atoms with E-state index in [0.29, 0.717) is 0 Å². The molecule has 0 saturated heterocycles. The Labute approximate surface area is 73.2 Å². The van der Waals surface area contributed by atoms with E-state index < -0.39 is 12.2 Å². The molecule has 0 fully saturated rings. The lowest BCUT2D eigenvalue weighted by molar-refractivity contribution is 0.00618. The molecule has 0 aromatic heterocycles. The second kappa shape index (κ2) is 3.42. The fraction of sp³-hybridized carbons (Fsp3) is 0.600. The van der Waals surface area contributed by atoms with Gasteiger partial charge in [-0.25, -0.2) is 0 Å². The summed E-state index contributed by atoms with van der Waals surface area (Å²) in [5.74, 6) is 0.0173. The highest BCUT2D eigenvalue weighted by Gasteiger charge is 2.30. The smallest absolute Gasteiger partial charge is 0.101 e. The van der Waals surface area contributed by atoms with Gasteiger partial charge in [-0.2, -0.15) is 0 Å². The fourth-order valence-corrected chi connectivity index (χ4v) is 1.56. The molecule has 0 aromatic rings. The molecular formula is C10H16O2. The van der Waals surface area contributed by atoms with Crippen molar-refractivity contribution in [2.45, 2.75) is 32.5 Å². The van der Waals surface area contributed by atoms with E-state index in [1.807, 2.05) is 19.9 Å². The lowest BCUT2D eigenvalue weighted by Crippen LogP contribution is -2.37. The maximum atomic E-state index is 9.63. The first-order valence-electron chi connectivity index (χ1n) is 4.22. The number of allylic oxidation sites excluding steroid dienone is 1. The Bertz CT molecular complexity index is 218. The number of aliphatic hydroxyl groups is 2. The van der Waals surface area contributed by atoms with Crippen LogP contribution in [0.4, 0.5) is 0 Å². The van der Waals surface area contributed by atoms with Crippen LogP contribution in [0.1, 0.15) is 20.3 Å². The van der Waals surface area contributed by atoms with Crippen molar-refractivity contribution in [3.8, 4) is 0 Å². The van der Waals surface area contributed by atoms with E-state index in [2.05, 4.69) is 6.58 Å². The van der Waals surface area contributed by atoms with Gasteiger partial charge in [0.05, 0.1) is 6.10 Å². The summed E-state index contributed by atoms with van der Waals surface area (Å²) in [4.78, 5) is 0. The molecule has 2 N–H and O–H groups in total. The Morgan fingerprint density at radius 3 is 2.67 bits per heavy atom. The van der Waals surface area contributed by atoms with Crippen molar-refractivity contribution in [1.29, 1.82) is 0 Å². The standard InChI is InChI=1S/C10H16O2/c1-6(2)8-5-4-7(3)9(11)10(8)12/h4,8-12H,1,5H2,2-3H3/t8-,9-,10-/m0/s1. The molecule has 0 amide bonds. The average molecular weight is 168 g/mol. The average Bonchev–Trinajstić information content (AvgIpc) is 2.00. The van der Waals surface area contributed by atoms with Crippen molar-refractivity contribution in [1.82, 2.24) is 0 Å². The third kappa shape index (κ3) is 1.59. The van der Waals surface area contributed by atoms with Crippen molar-refractivity contribution in [3.63, 3.8) is 0 Å². The molecule has 1 aliphatic rings. The van der Waals surface area contributed by atoms with Crippen molar-refractivity contribution in [2.24, 2.45) is 5.92 Å². The fourth-order valence-electron chi connectivity index (χ4n) is 1.56. The summed E-state index contributed by atoms with van der Waals surface area (Å²) in [6, 6.07) is 0.